The number of anilines is 1. The van der Waals surface area contributed by atoms with Crippen LogP contribution in [0, 0.1) is 0 Å². The lowest BCUT2D eigenvalue weighted by Gasteiger charge is -2.21. The molecular weight excluding hydrogens is 264 g/mol. The van der Waals surface area contributed by atoms with E-state index < -0.39 is 0 Å². The van der Waals surface area contributed by atoms with Crippen molar-refractivity contribution in [3.63, 3.8) is 0 Å². The minimum atomic E-state index is 0.135. The fourth-order valence-electron chi connectivity index (χ4n) is 2.13. The second kappa shape index (κ2) is 8.34. The predicted molar refractivity (Wildman–Crippen MR) is 83.8 cm³/mol. The van der Waals surface area contributed by atoms with Crippen LogP contribution in [0.3, 0.4) is 0 Å². The molecule has 0 aliphatic heterocycles. The number of rotatable bonds is 8. The minimum Gasteiger partial charge on any atom is -0.395 e. The Kier molecular flexibility index (Phi) is 6.12. The van der Waals surface area contributed by atoms with Crippen LogP contribution in [0.2, 0.25) is 0 Å². The molecule has 2 N–H and O–H groups in total. The van der Waals surface area contributed by atoms with E-state index in [2.05, 4.69) is 32.3 Å². The Balaban J connectivity index is 1.98. The van der Waals surface area contributed by atoms with E-state index >= 15 is 0 Å². The Morgan fingerprint density at radius 2 is 1.90 bits per heavy atom. The van der Waals surface area contributed by atoms with Crippen molar-refractivity contribution in [3.05, 3.63) is 54.0 Å². The molecule has 5 nitrogen and oxygen atoms in total. The molecule has 0 aliphatic carbocycles. The van der Waals surface area contributed by atoms with Gasteiger partial charge in [0.25, 0.3) is 0 Å². The van der Waals surface area contributed by atoms with Gasteiger partial charge in [0.05, 0.1) is 24.7 Å². The van der Waals surface area contributed by atoms with Gasteiger partial charge in [-0.1, -0.05) is 30.3 Å². The number of aliphatic hydroxyl groups excluding tert-OH is 1. The Labute approximate surface area is 125 Å². The summed E-state index contributed by atoms with van der Waals surface area (Å²) in [4.78, 5) is 10.9. The first-order chi connectivity index (χ1) is 10.3. The Hall–Kier alpha value is -1.98. The van der Waals surface area contributed by atoms with Gasteiger partial charge in [-0.05, 0) is 12.5 Å². The highest BCUT2D eigenvalue weighted by molar-refractivity contribution is 5.30. The average molecular weight is 286 g/mol. The molecule has 0 saturated carbocycles. The highest BCUT2D eigenvalue weighted by Gasteiger charge is 2.08. The molecule has 2 rings (SSSR count). The van der Waals surface area contributed by atoms with Crippen LogP contribution in [0.25, 0.3) is 0 Å². The van der Waals surface area contributed by atoms with Crippen molar-refractivity contribution in [2.75, 3.05) is 25.0 Å². The number of hydrogen-bond donors (Lipinski definition) is 2. The molecule has 2 aromatic rings. The summed E-state index contributed by atoms with van der Waals surface area (Å²) in [6.45, 7) is 5.07. The molecular formula is C16H22N4O. The zero-order valence-corrected chi connectivity index (χ0v) is 12.4. The summed E-state index contributed by atoms with van der Waals surface area (Å²) in [6, 6.07) is 10.2. The SMILES string of the molecule is CCNc1cnc(CN(CCO)Cc2ccccc2)cn1. The first-order valence-corrected chi connectivity index (χ1v) is 7.23. The molecule has 1 heterocycles. The van der Waals surface area contributed by atoms with Crippen LogP contribution in [0.5, 0.6) is 0 Å². The highest BCUT2D eigenvalue weighted by atomic mass is 16.3. The van der Waals surface area contributed by atoms with Crippen LogP contribution < -0.4 is 5.32 Å². The number of aliphatic hydroxyl groups is 1. The van der Waals surface area contributed by atoms with Crippen molar-refractivity contribution in [1.29, 1.82) is 0 Å². The predicted octanol–water partition coefficient (Wildman–Crippen LogP) is 1.90. The van der Waals surface area contributed by atoms with E-state index in [1.165, 1.54) is 5.56 Å². The molecule has 5 heteroatoms. The summed E-state index contributed by atoms with van der Waals surface area (Å²) < 4.78 is 0. The van der Waals surface area contributed by atoms with E-state index in [1.54, 1.807) is 12.4 Å². The Morgan fingerprint density at radius 1 is 1.10 bits per heavy atom. The monoisotopic (exact) mass is 286 g/mol. The van der Waals surface area contributed by atoms with Crippen molar-refractivity contribution < 1.29 is 5.11 Å². The third-order valence-electron chi connectivity index (χ3n) is 3.11. The van der Waals surface area contributed by atoms with Gasteiger partial charge in [-0.3, -0.25) is 9.88 Å². The normalized spacial score (nSPS) is 10.8. The molecule has 0 amide bonds. The fourth-order valence-corrected chi connectivity index (χ4v) is 2.13. The Bertz CT molecular complexity index is 516. The van der Waals surface area contributed by atoms with Gasteiger partial charge in [-0.2, -0.15) is 0 Å². The fraction of sp³-hybridized carbons (Fsp3) is 0.375. The van der Waals surface area contributed by atoms with Crippen LogP contribution >= 0.6 is 0 Å². The molecule has 0 bridgehead atoms. The lowest BCUT2D eigenvalue weighted by atomic mass is 10.2. The van der Waals surface area contributed by atoms with E-state index in [9.17, 15) is 5.11 Å². The number of aromatic nitrogens is 2. The molecule has 112 valence electrons. The minimum absolute atomic E-state index is 0.135. The van der Waals surface area contributed by atoms with E-state index in [4.69, 9.17) is 0 Å². The smallest absolute Gasteiger partial charge is 0.144 e. The molecule has 0 atom stereocenters. The average Bonchev–Trinajstić information content (AvgIpc) is 2.51. The Morgan fingerprint density at radius 3 is 2.52 bits per heavy atom. The van der Waals surface area contributed by atoms with Crippen molar-refractivity contribution in [1.82, 2.24) is 14.9 Å². The highest BCUT2D eigenvalue weighted by Crippen LogP contribution is 2.09. The summed E-state index contributed by atoms with van der Waals surface area (Å²) in [7, 11) is 0. The van der Waals surface area contributed by atoms with Crippen LogP contribution in [-0.4, -0.2) is 39.7 Å². The van der Waals surface area contributed by atoms with Crippen molar-refractivity contribution in [2.45, 2.75) is 20.0 Å². The summed E-state index contributed by atoms with van der Waals surface area (Å²) in [5, 5.41) is 12.3. The number of nitrogens with zero attached hydrogens (tertiary/aromatic N) is 3. The molecule has 0 spiro atoms. The molecule has 21 heavy (non-hydrogen) atoms. The molecule has 0 fully saturated rings. The molecule has 0 saturated heterocycles. The topological polar surface area (TPSA) is 61.3 Å². The van der Waals surface area contributed by atoms with Crippen molar-refractivity contribution >= 4 is 5.82 Å². The van der Waals surface area contributed by atoms with Crippen LogP contribution in [0.1, 0.15) is 18.2 Å². The maximum Gasteiger partial charge on any atom is 0.144 e. The van der Waals surface area contributed by atoms with E-state index in [-0.39, 0.29) is 6.61 Å². The number of hydrogen-bond acceptors (Lipinski definition) is 5. The quantitative estimate of drug-likeness (QED) is 0.776. The van der Waals surface area contributed by atoms with Gasteiger partial charge in [-0.15, -0.1) is 0 Å². The zero-order chi connectivity index (χ0) is 14.9. The molecule has 1 aromatic carbocycles. The van der Waals surface area contributed by atoms with Gasteiger partial charge in [0.15, 0.2) is 0 Å². The number of nitrogens with one attached hydrogen (secondary N) is 1. The van der Waals surface area contributed by atoms with Crippen LogP contribution in [-0.2, 0) is 13.1 Å². The second-order valence-corrected chi connectivity index (χ2v) is 4.84. The van der Waals surface area contributed by atoms with Crippen molar-refractivity contribution in [3.8, 4) is 0 Å². The zero-order valence-electron chi connectivity index (χ0n) is 12.4. The second-order valence-electron chi connectivity index (χ2n) is 4.84. The maximum atomic E-state index is 9.22. The third kappa shape index (κ3) is 5.13. The third-order valence-corrected chi connectivity index (χ3v) is 3.11. The van der Waals surface area contributed by atoms with Gasteiger partial charge < -0.3 is 10.4 Å². The van der Waals surface area contributed by atoms with Gasteiger partial charge in [0.1, 0.15) is 5.82 Å². The van der Waals surface area contributed by atoms with Gasteiger partial charge >= 0.3 is 0 Å². The summed E-state index contributed by atoms with van der Waals surface area (Å²) in [5.41, 5.74) is 2.13. The standard InChI is InChI=1S/C16H22N4O/c1-2-17-16-11-18-15(10-19-16)13-20(8-9-21)12-14-6-4-3-5-7-14/h3-7,10-11,21H,2,8-9,12-13H2,1H3,(H,17,19). The molecule has 1 aromatic heterocycles. The van der Waals surface area contributed by atoms with Crippen molar-refractivity contribution in [2.24, 2.45) is 0 Å². The lowest BCUT2D eigenvalue weighted by Crippen LogP contribution is -2.26. The summed E-state index contributed by atoms with van der Waals surface area (Å²) in [5.74, 6) is 0.790. The first-order valence-electron chi connectivity index (χ1n) is 7.23. The van der Waals surface area contributed by atoms with Gasteiger partial charge in [0.2, 0.25) is 0 Å². The van der Waals surface area contributed by atoms with Crippen LogP contribution in [0.4, 0.5) is 5.82 Å². The van der Waals surface area contributed by atoms with E-state index in [0.29, 0.717) is 13.1 Å². The maximum absolute atomic E-state index is 9.22. The first kappa shape index (κ1) is 15.4. The summed E-state index contributed by atoms with van der Waals surface area (Å²) in [6.07, 6.45) is 3.53. The van der Waals surface area contributed by atoms with Gasteiger partial charge in [0, 0.05) is 26.2 Å². The summed E-state index contributed by atoms with van der Waals surface area (Å²) >= 11 is 0. The molecule has 0 aliphatic rings. The lowest BCUT2D eigenvalue weighted by molar-refractivity contribution is 0.182. The molecule has 0 unspecified atom stereocenters. The number of benzene rings is 1. The molecule has 0 radical (unpaired) electrons. The van der Waals surface area contributed by atoms with Gasteiger partial charge in [-0.25, -0.2) is 4.98 Å². The van der Waals surface area contributed by atoms with E-state index in [1.807, 2.05) is 25.1 Å². The van der Waals surface area contributed by atoms with Crippen LogP contribution in [0.15, 0.2) is 42.7 Å². The van der Waals surface area contributed by atoms with E-state index in [0.717, 1.165) is 24.6 Å². The largest absolute Gasteiger partial charge is 0.395 e.